The van der Waals surface area contributed by atoms with Gasteiger partial charge in [0.25, 0.3) is 5.91 Å². The Hall–Kier alpha value is -4.16. The predicted octanol–water partition coefficient (Wildman–Crippen LogP) is 8.92. The maximum atomic E-state index is 14.3. The Bertz CT molecular complexity index is 1960. The molecule has 4 aromatic rings. The number of aliphatic hydroxyl groups excluding tert-OH is 1. The summed E-state index contributed by atoms with van der Waals surface area (Å²) in [4.78, 5) is 15.3. The molecule has 0 radical (unpaired) electrons. The smallest absolute Gasteiger partial charge is 0.257 e. The minimum Gasteiger partial charge on any atom is -0.392 e. The Morgan fingerprint density at radius 2 is 1.47 bits per heavy atom. The number of likely N-dealkylation sites (tertiary alicyclic amines) is 1. The van der Waals surface area contributed by atoms with Gasteiger partial charge >= 0.3 is 0 Å². The summed E-state index contributed by atoms with van der Waals surface area (Å²) in [5, 5.41) is 11.9. The predicted molar refractivity (Wildman–Crippen MR) is 189 cm³/mol. The van der Waals surface area contributed by atoms with Crippen molar-refractivity contribution >= 4 is 5.91 Å². The molecule has 1 amide bonds. The highest BCUT2D eigenvalue weighted by Gasteiger charge is 2.50. The van der Waals surface area contributed by atoms with Gasteiger partial charge in [0, 0.05) is 37.7 Å². The van der Waals surface area contributed by atoms with Crippen molar-refractivity contribution in [1.29, 1.82) is 0 Å². The maximum absolute atomic E-state index is 14.3. The van der Waals surface area contributed by atoms with Gasteiger partial charge in [-0.05, 0) is 57.9 Å². The van der Waals surface area contributed by atoms with Crippen molar-refractivity contribution in [2.45, 2.75) is 84.1 Å². The van der Waals surface area contributed by atoms with Crippen LogP contribution in [0.3, 0.4) is 0 Å². The van der Waals surface area contributed by atoms with E-state index in [-0.39, 0.29) is 30.8 Å². The molecule has 53 heavy (non-hydrogen) atoms. The van der Waals surface area contributed by atoms with E-state index in [2.05, 4.69) is 31.0 Å². The lowest BCUT2D eigenvalue weighted by molar-refractivity contribution is -0.253. The normalized spacial score (nSPS) is 25.4. The van der Waals surface area contributed by atoms with Crippen LogP contribution in [0.2, 0.25) is 0 Å². The number of nitrogens with one attached hydrogen (secondary N) is 1. The molecule has 2 saturated heterocycles. The lowest BCUT2D eigenvalue weighted by Gasteiger charge is -2.41. The van der Waals surface area contributed by atoms with Crippen LogP contribution in [0.25, 0.3) is 11.1 Å². The molecule has 3 aliphatic rings. The number of carbonyl (C=O) groups excluding carboxylic acids is 1. The molecule has 280 valence electrons. The molecular formula is C42H43F5N2O4. The summed E-state index contributed by atoms with van der Waals surface area (Å²) < 4.78 is 82.8. The summed E-state index contributed by atoms with van der Waals surface area (Å²) >= 11 is 0. The second kappa shape index (κ2) is 14.6. The molecule has 2 heterocycles. The third kappa shape index (κ3) is 7.62. The van der Waals surface area contributed by atoms with E-state index in [9.17, 15) is 31.9 Å². The SMILES string of the molecule is CC1(C)CC2CC(C)(CN2C[C@@H]2C[C@H](c3ccc(CO)cc3)O[C@H](c3ccc(-c4ccccc4CNC(=O)c4c(F)c(F)c(F)c(F)c4F)cc3)O2)C1. The number of ether oxygens (including phenoxy) is 2. The summed E-state index contributed by atoms with van der Waals surface area (Å²) in [5.41, 5.74) is 3.69. The zero-order chi connectivity index (χ0) is 37.7. The topological polar surface area (TPSA) is 71.0 Å². The van der Waals surface area contributed by atoms with Gasteiger partial charge in [0.05, 0.1) is 18.8 Å². The molecule has 1 saturated carbocycles. The standard InChI is InChI=1S/C42H43F5N2O4/c1-41(2)17-29-18-42(3,22-41)23-49(29)20-30-16-32(26-10-8-24(21-50)9-11-26)53-40(52-30)27-14-12-25(13-15-27)31-7-5-4-6-28(31)19-48-39(51)33-34(43)36(45)38(47)37(46)35(33)44/h4-15,29-30,32,40,50H,16-23H2,1-3H3,(H,48,51)/t29?,30-,32+,40+,42?/m0/s1. The van der Waals surface area contributed by atoms with Crippen LogP contribution in [-0.2, 0) is 22.6 Å². The van der Waals surface area contributed by atoms with Gasteiger partial charge in [-0.25, -0.2) is 22.0 Å². The van der Waals surface area contributed by atoms with Gasteiger partial charge < -0.3 is 19.9 Å². The molecule has 6 nitrogen and oxygen atoms in total. The van der Waals surface area contributed by atoms with Crippen molar-refractivity contribution in [3.05, 3.63) is 130 Å². The summed E-state index contributed by atoms with van der Waals surface area (Å²) in [5.74, 6) is -12.5. The van der Waals surface area contributed by atoms with Gasteiger partial charge in [0.1, 0.15) is 5.56 Å². The molecule has 1 aliphatic carbocycles. The highest BCUT2D eigenvalue weighted by Crippen LogP contribution is 2.53. The van der Waals surface area contributed by atoms with Gasteiger partial charge in [-0.2, -0.15) is 0 Å². The van der Waals surface area contributed by atoms with Crippen molar-refractivity contribution in [3.8, 4) is 11.1 Å². The van der Waals surface area contributed by atoms with Gasteiger partial charge in [-0.3, -0.25) is 9.69 Å². The third-order valence-corrected chi connectivity index (χ3v) is 11.0. The van der Waals surface area contributed by atoms with Crippen LogP contribution >= 0.6 is 0 Å². The Kier molecular flexibility index (Phi) is 10.2. The maximum Gasteiger partial charge on any atom is 0.257 e. The Balaban J connectivity index is 1.10. The minimum absolute atomic E-state index is 0.0429. The number of hydrogen-bond donors (Lipinski definition) is 2. The van der Waals surface area contributed by atoms with E-state index in [1.54, 1.807) is 24.3 Å². The summed E-state index contributed by atoms with van der Waals surface area (Å²) in [6, 6.07) is 22.9. The minimum atomic E-state index is -2.33. The van der Waals surface area contributed by atoms with Crippen LogP contribution in [-0.4, -0.2) is 41.1 Å². The van der Waals surface area contributed by atoms with E-state index in [0.29, 0.717) is 29.0 Å². The second-order valence-corrected chi connectivity index (χ2v) is 15.9. The number of carbonyl (C=O) groups is 1. The monoisotopic (exact) mass is 734 g/mol. The molecule has 7 rings (SSSR count). The van der Waals surface area contributed by atoms with Gasteiger partial charge in [0.15, 0.2) is 29.6 Å². The number of halogens is 5. The summed E-state index contributed by atoms with van der Waals surface area (Å²) in [7, 11) is 0. The fraction of sp³-hybridized carbons (Fsp3) is 0.405. The van der Waals surface area contributed by atoms with E-state index < -0.39 is 46.8 Å². The molecule has 2 bridgehead atoms. The molecule has 2 unspecified atom stereocenters. The van der Waals surface area contributed by atoms with E-state index >= 15 is 0 Å². The number of benzene rings is 4. The lowest BCUT2D eigenvalue weighted by Crippen LogP contribution is -2.42. The first-order valence-electron chi connectivity index (χ1n) is 18.0. The first-order chi connectivity index (χ1) is 25.2. The Labute approximate surface area is 305 Å². The fourth-order valence-electron chi connectivity index (χ4n) is 8.93. The van der Waals surface area contributed by atoms with Crippen LogP contribution in [0, 0.1) is 39.9 Å². The molecular weight excluding hydrogens is 691 g/mol. The van der Waals surface area contributed by atoms with Crippen molar-refractivity contribution in [2.75, 3.05) is 13.1 Å². The molecule has 11 heteroatoms. The van der Waals surface area contributed by atoms with E-state index in [1.165, 1.54) is 12.8 Å². The van der Waals surface area contributed by atoms with Crippen LogP contribution in [0.4, 0.5) is 22.0 Å². The number of hydrogen-bond acceptors (Lipinski definition) is 5. The van der Waals surface area contributed by atoms with Crippen LogP contribution < -0.4 is 5.32 Å². The molecule has 0 spiro atoms. The van der Waals surface area contributed by atoms with Crippen LogP contribution in [0.15, 0.2) is 72.8 Å². The van der Waals surface area contributed by atoms with E-state index in [1.807, 2.05) is 48.5 Å². The first-order valence-corrected chi connectivity index (χ1v) is 18.0. The van der Waals surface area contributed by atoms with Crippen molar-refractivity contribution in [3.63, 3.8) is 0 Å². The van der Waals surface area contributed by atoms with Gasteiger partial charge in [0.2, 0.25) is 5.82 Å². The average Bonchev–Trinajstić information content (AvgIpc) is 3.39. The van der Waals surface area contributed by atoms with Crippen molar-refractivity contribution in [2.24, 2.45) is 10.8 Å². The Morgan fingerprint density at radius 3 is 2.15 bits per heavy atom. The molecule has 4 aromatic carbocycles. The van der Waals surface area contributed by atoms with E-state index in [4.69, 9.17) is 9.47 Å². The zero-order valence-corrected chi connectivity index (χ0v) is 29.9. The fourth-order valence-corrected chi connectivity index (χ4v) is 8.93. The van der Waals surface area contributed by atoms with Crippen LogP contribution in [0.5, 0.6) is 0 Å². The number of nitrogens with zero attached hydrogens (tertiary/aromatic N) is 1. The second-order valence-electron chi connectivity index (χ2n) is 15.9. The number of aliphatic hydroxyl groups is 1. The Morgan fingerprint density at radius 1 is 0.830 bits per heavy atom. The van der Waals surface area contributed by atoms with Crippen molar-refractivity contribution in [1.82, 2.24) is 10.2 Å². The highest BCUT2D eigenvalue weighted by atomic mass is 19.2. The highest BCUT2D eigenvalue weighted by molar-refractivity contribution is 5.95. The zero-order valence-electron chi connectivity index (χ0n) is 29.9. The average molecular weight is 735 g/mol. The molecule has 2 N–H and O–H groups in total. The summed E-state index contributed by atoms with van der Waals surface area (Å²) in [6.07, 6.45) is 3.25. The third-order valence-electron chi connectivity index (χ3n) is 11.0. The first kappa shape index (κ1) is 37.2. The molecule has 0 aromatic heterocycles. The molecule has 3 fully saturated rings. The number of rotatable bonds is 9. The van der Waals surface area contributed by atoms with Gasteiger partial charge in [-0.1, -0.05) is 93.6 Å². The quantitative estimate of drug-likeness (QED) is 0.102. The largest absolute Gasteiger partial charge is 0.392 e. The number of fused-ring (bicyclic) bond motifs is 2. The number of amides is 1. The lowest BCUT2D eigenvalue weighted by atomic mass is 9.65. The van der Waals surface area contributed by atoms with Gasteiger partial charge in [-0.15, -0.1) is 0 Å². The molecule has 2 aliphatic heterocycles. The van der Waals surface area contributed by atoms with E-state index in [0.717, 1.165) is 41.8 Å². The summed E-state index contributed by atoms with van der Waals surface area (Å²) in [6.45, 7) is 8.69. The molecule has 5 atom stereocenters. The van der Waals surface area contributed by atoms with Crippen molar-refractivity contribution < 1.29 is 41.3 Å². The van der Waals surface area contributed by atoms with Crippen LogP contribution in [0.1, 0.15) is 91.5 Å².